The van der Waals surface area contributed by atoms with Gasteiger partial charge in [0.1, 0.15) is 5.82 Å². The van der Waals surface area contributed by atoms with Crippen molar-refractivity contribution in [1.29, 1.82) is 0 Å². The quantitative estimate of drug-likeness (QED) is 0.408. The summed E-state index contributed by atoms with van der Waals surface area (Å²) < 4.78 is 19.7. The lowest BCUT2D eigenvalue weighted by Crippen LogP contribution is -2.25. The molecule has 0 bridgehead atoms. The molecule has 0 saturated heterocycles. The van der Waals surface area contributed by atoms with Crippen LogP contribution in [0.5, 0.6) is 0 Å². The molecule has 1 N–H and O–H groups in total. The van der Waals surface area contributed by atoms with Gasteiger partial charge in [0.15, 0.2) is 5.78 Å². The normalized spacial score (nSPS) is 12.4. The van der Waals surface area contributed by atoms with Crippen LogP contribution >= 0.6 is 0 Å². The van der Waals surface area contributed by atoms with Crippen LogP contribution in [0.2, 0.25) is 0 Å². The number of fused-ring (bicyclic) bond motifs is 1. The van der Waals surface area contributed by atoms with Gasteiger partial charge in [0.2, 0.25) is 0 Å². The van der Waals surface area contributed by atoms with E-state index in [4.69, 9.17) is 0 Å². The smallest absolute Gasteiger partial charge is 0.308 e. The molecule has 0 unspecified atom stereocenters. The van der Waals surface area contributed by atoms with Crippen molar-refractivity contribution in [3.05, 3.63) is 76.5 Å². The summed E-state index contributed by atoms with van der Waals surface area (Å²) in [7, 11) is 1.21. The number of aliphatic hydroxyl groups excluding tert-OH is 1. The third kappa shape index (κ3) is 5.43. The molecule has 0 amide bonds. The van der Waals surface area contributed by atoms with E-state index in [0.29, 0.717) is 27.6 Å². The van der Waals surface area contributed by atoms with Gasteiger partial charge in [-0.3, -0.25) is 14.4 Å². The molecule has 33 heavy (non-hydrogen) atoms. The summed E-state index contributed by atoms with van der Waals surface area (Å²) >= 11 is 0. The molecule has 0 aliphatic heterocycles. The molecule has 172 valence electrons. The summed E-state index contributed by atoms with van der Waals surface area (Å²) in [6.07, 6.45) is 1.10. The Bertz CT molecular complexity index is 1260. The lowest BCUT2D eigenvalue weighted by molar-refractivity contribution is -0.143. The number of carbonyl (C=O) groups excluding carboxylic acids is 2. The van der Waals surface area contributed by atoms with E-state index < -0.39 is 17.9 Å². The second-order valence-electron chi connectivity index (χ2n) is 8.02. The number of esters is 1. The number of ether oxygens (including phenoxy) is 1. The highest BCUT2D eigenvalue weighted by Crippen LogP contribution is 2.33. The number of halogens is 1. The Labute approximate surface area is 190 Å². The predicted molar refractivity (Wildman–Crippen MR) is 125 cm³/mol. The Hall–Kier alpha value is -3.58. The molecule has 0 spiro atoms. The van der Waals surface area contributed by atoms with Crippen LogP contribution in [0.25, 0.3) is 28.0 Å². The number of methoxy groups -OCH3 is 1. The molecule has 3 aromatic rings. The van der Waals surface area contributed by atoms with E-state index in [9.17, 15) is 23.9 Å². The summed E-state index contributed by atoms with van der Waals surface area (Å²) in [6.45, 7) is 3.73. The topological polar surface area (TPSA) is 85.6 Å². The number of ketones is 1. The van der Waals surface area contributed by atoms with Crippen LogP contribution in [0.3, 0.4) is 0 Å². The first kappa shape index (κ1) is 24.1. The van der Waals surface area contributed by atoms with Gasteiger partial charge in [-0.05, 0) is 55.1 Å². The Morgan fingerprint density at radius 3 is 2.30 bits per heavy atom. The predicted octanol–water partition coefficient (Wildman–Crippen LogP) is 4.28. The van der Waals surface area contributed by atoms with Gasteiger partial charge in [0, 0.05) is 23.4 Å². The molecule has 2 aromatic carbocycles. The molecule has 1 heterocycles. The SMILES string of the molecule is COC(=O)C[C@H](O)CC(=O)C=Cc1c(-c2ccc(F)cc2)c2ccccc2c(=O)n1C(C)C. The number of pyridine rings is 1. The Morgan fingerprint density at radius 1 is 1.06 bits per heavy atom. The van der Waals surface area contributed by atoms with E-state index in [1.807, 2.05) is 26.0 Å². The fourth-order valence-corrected chi connectivity index (χ4v) is 3.80. The average molecular weight is 451 g/mol. The lowest BCUT2D eigenvalue weighted by Gasteiger charge is -2.20. The molecule has 1 atom stereocenters. The second kappa shape index (κ2) is 10.4. The van der Waals surface area contributed by atoms with E-state index in [1.165, 1.54) is 25.3 Å². The minimum atomic E-state index is -1.17. The molecule has 6 nitrogen and oxygen atoms in total. The summed E-state index contributed by atoms with van der Waals surface area (Å²) in [5.41, 5.74) is 1.68. The number of aromatic nitrogens is 1. The molecule has 1 aromatic heterocycles. The highest BCUT2D eigenvalue weighted by Gasteiger charge is 2.19. The third-order valence-electron chi connectivity index (χ3n) is 5.30. The van der Waals surface area contributed by atoms with Crippen molar-refractivity contribution in [2.24, 2.45) is 0 Å². The average Bonchev–Trinajstić information content (AvgIpc) is 2.78. The minimum Gasteiger partial charge on any atom is -0.469 e. The molecule has 0 saturated carbocycles. The van der Waals surface area contributed by atoms with Crippen LogP contribution < -0.4 is 5.56 Å². The first-order chi connectivity index (χ1) is 15.7. The molecule has 3 rings (SSSR count). The van der Waals surface area contributed by atoms with E-state index >= 15 is 0 Å². The zero-order valence-electron chi connectivity index (χ0n) is 18.7. The molecular weight excluding hydrogens is 425 g/mol. The van der Waals surface area contributed by atoms with Crippen molar-refractivity contribution in [1.82, 2.24) is 4.57 Å². The van der Waals surface area contributed by atoms with Crippen LogP contribution in [-0.4, -0.2) is 34.6 Å². The highest BCUT2D eigenvalue weighted by molar-refractivity contribution is 6.01. The molecule has 0 aliphatic carbocycles. The minimum absolute atomic E-state index is 0.204. The zero-order valence-corrected chi connectivity index (χ0v) is 18.7. The van der Waals surface area contributed by atoms with Gasteiger partial charge in [0.05, 0.1) is 25.3 Å². The highest BCUT2D eigenvalue weighted by atomic mass is 19.1. The number of hydrogen-bond acceptors (Lipinski definition) is 5. The van der Waals surface area contributed by atoms with Gasteiger partial charge in [-0.25, -0.2) is 4.39 Å². The zero-order chi connectivity index (χ0) is 24.1. The monoisotopic (exact) mass is 451 g/mol. The molecule has 0 fully saturated rings. The Kier molecular flexibility index (Phi) is 7.55. The van der Waals surface area contributed by atoms with Crippen LogP contribution in [0.4, 0.5) is 4.39 Å². The lowest BCUT2D eigenvalue weighted by atomic mass is 9.95. The molecule has 7 heteroatoms. The fraction of sp³-hybridized carbons (Fsp3) is 0.269. The van der Waals surface area contributed by atoms with Crippen molar-refractivity contribution in [3.8, 4) is 11.1 Å². The first-order valence-electron chi connectivity index (χ1n) is 10.6. The third-order valence-corrected chi connectivity index (χ3v) is 5.30. The van der Waals surface area contributed by atoms with Crippen molar-refractivity contribution in [3.63, 3.8) is 0 Å². The maximum atomic E-state index is 13.6. The van der Waals surface area contributed by atoms with E-state index in [1.54, 1.807) is 34.9 Å². The van der Waals surface area contributed by atoms with Crippen LogP contribution in [0.1, 0.15) is 38.4 Å². The van der Waals surface area contributed by atoms with Crippen molar-refractivity contribution >= 4 is 28.6 Å². The van der Waals surface area contributed by atoms with Crippen LogP contribution in [-0.2, 0) is 14.3 Å². The molecule has 0 aliphatic rings. The number of benzene rings is 2. The largest absolute Gasteiger partial charge is 0.469 e. The van der Waals surface area contributed by atoms with E-state index in [0.717, 1.165) is 0 Å². The fourth-order valence-electron chi connectivity index (χ4n) is 3.80. The summed E-state index contributed by atoms with van der Waals surface area (Å²) in [5, 5.41) is 11.2. The molecular formula is C26H26FNO5. The van der Waals surface area contributed by atoms with Gasteiger partial charge in [-0.1, -0.05) is 30.3 Å². The van der Waals surface area contributed by atoms with Crippen LogP contribution in [0.15, 0.2) is 59.4 Å². The summed E-state index contributed by atoms with van der Waals surface area (Å²) in [5.74, 6) is -1.40. The van der Waals surface area contributed by atoms with E-state index in [2.05, 4.69) is 4.74 Å². The van der Waals surface area contributed by atoms with Crippen molar-refractivity contribution in [2.75, 3.05) is 7.11 Å². The van der Waals surface area contributed by atoms with Gasteiger partial charge in [-0.15, -0.1) is 0 Å². The van der Waals surface area contributed by atoms with Gasteiger partial charge >= 0.3 is 5.97 Å². The second-order valence-corrected chi connectivity index (χ2v) is 8.02. The molecule has 0 radical (unpaired) electrons. The first-order valence-corrected chi connectivity index (χ1v) is 10.6. The van der Waals surface area contributed by atoms with Gasteiger partial charge in [0.25, 0.3) is 5.56 Å². The number of allylic oxidation sites excluding steroid dienone is 1. The van der Waals surface area contributed by atoms with Crippen molar-refractivity contribution < 1.29 is 23.8 Å². The Balaban J connectivity index is 2.16. The van der Waals surface area contributed by atoms with E-state index in [-0.39, 0.29) is 30.3 Å². The van der Waals surface area contributed by atoms with Gasteiger partial charge < -0.3 is 14.4 Å². The standard InChI is InChI=1S/C26H26FNO5/c1-16(2)28-23(13-12-19(29)14-20(30)15-24(31)33-3)25(17-8-10-18(27)11-9-17)21-6-4-5-7-22(21)26(28)32/h4-13,16,20,30H,14-15H2,1-3H3/t20-/m1/s1. The maximum absolute atomic E-state index is 13.6. The number of aliphatic hydroxyl groups is 1. The maximum Gasteiger partial charge on any atom is 0.308 e. The Morgan fingerprint density at radius 2 is 1.70 bits per heavy atom. The summed E-state index contributed by atoms with van der Waals surface area (Å²) in [6, 6.07) is 12.9. The van der Waals surface area contributed by atoms with Crippen LogP contribution in [0, 0.1) is 5.82 Å². The number of hydrogen-bond donors (Lipinski definition) is 1. The van der Waals surface area contributed by atoms with Gasteiger partial charge in [-0.2, -0.15) is 0 Å². The number of carbonyl (C=O) groups is 2. The number of nitrogens with zero attached hydrogens (tertiary/aromatic N) is 1. The van der Waals surface area contributed by atoms with Crippen molar-refractivity contribution in [2.45, 2.75) is 38.8 Å². The number of rotatable bonds is 8. The summed E-state index contributed by atoms with van der Waals surface area (Å²) in [4.78, 5) is 37.1.